The quantitative estimate of drug-likeness (QED) is 0.831. The molecule has 2 aromatic heterocycles. The van der Waals surface area contributed by atoms with Crippen LogP contribution in [0.4, 0.5) is 8.78 Å². The topological polar surface area (TPSA) is 30.7 Å². The van der Waals surface area contributed by atoms with Crippen LogP contribution in [0.2, 0.25) is 0 Å². The molecule has 0 bridgehead atoms. The van der Waals surface area contributed by atoms with Crippen LogP contribution >= 0.6 is 0 Å². The predicted octanol–water partition coefficient (Wildman–Crippen LogP) is 3.39. The molecule has 0 aliphatic carbocycles. The molecule has 0 aromatic carbocycles. The molecule has 0 radical (unpaired) electrons. The van der Waals surface area contributed by atoms with Gasteiger partial charge in [-0.2, -0.15) is 13.9 Å². The van der Waals surface area contributed by atoms with Gasteiger partial charge in [0.15, 0.2) is 0 Å². The summed E-state index contributed by atoms with van der Waals surface area (Å²) in [5, 5.41) is 4.49. The molecule has 0 amide bonds. The van der Waals surface area contributed by atoms with E-state index in [4.69, 9.17) is 0 Å². The number of halogens is 2. The molecule has 0 unspecified atom stereocenters. The molecule has 3 nitrogen and oxygen atoms in total. The Morgan fingerprint density at radius 3 is 2.84 bits per heavy atom. The van der Waals surface area contributed by atoms with Crippen LogP contribution in [0.1, 0.15) is 31.2 Å². The minimum Gasteiger partial charge on any atom is -0.269 e. The Balaban J connectivity index is 2.00. The summed E-state index contributed by atoms with van der Waals surface area (Å²) >= 11 is 0. The number of fused-ring (bicyclic) bond motifs is 1. The van der Waals surface area contributed by atoms with Gasteiger partial charge in [0.2, 0.25) is 0 Å². The van der Waals surface area contributed by atoms with E-state index in [0.29, 0.717) is 5.56 Å². The maximum absolute atomic E-state index is 13.3. The molecule has 1 aliphatic heterocycles. The molecule has 0 fully saturated rings. The van der Waals surface area contributed by atoms with Crippen molar-refractivity contribution in [1.82, 2.24) is 14.8 Å². The first-order valence-electron chi connectivity index (χ1n) is 6.45. The monoisotopic (exact) mass is 263 g/mol. The maximum Gasteiger partial charge on any atom is 0.286 e. The van der Waals surface area contributed by atoms with Gasteiger partial charge < -0.3 is 0 Å². The summed E-state index contributed by atoms with van der Waals surface area (Å²) in [6.07, 6.45) is 4.72. The van der Waals surface area contributed by atoms with Crippen LogP contribution in [0.3, 0.4) is 0 Å². The summed E-state index contributed by atoms with van der Waals surface area (Å²) in [5.41, 5.74) is 2.43. The molecule has 19 heavy (non-hydrogen) atoms. The highest BCUT2D eigenvalue weighted by molar-refractivity contribution is 5.59. The lowest BCUT2D eigenvalue weighted by Gasteiger charge is -2.11. The van der Waals surface area contributed by atoms with Crippen molar-refractivity contribution in [2.45, 2.75) is 38.7 Å². The standard InChI is InChI=1S/C14H15F2N3/c1-14(15,16)13-8-10(5-6-17-13)12-9-11-4-2-3-7-19(11)18-12/h5-6,8-9H,2-4,7H2,1H3. The van der Waals surface area contributed by atoms with E-state index in [1.165, 1.54) is 24.4 Å². The van der Waals surface area contributed by atoms with Gasteiger partial charge in [-0.3, -0.25) is 9.67 Å². The minimum atomic E-state index is -2.92. The number of pyridine rings is 1. The fourth-order valence-corrected chi connectivity index (χ4v) is 2.39. The van der Waals surface area contributed by atoms with Crippen molar-refractivity contribution in [3.8, 4) is 11.3 Å². The number of aromatic nitrogens is 3. The van der Waals surface area contributed by atoms with Crippen molar-refractivity contribution in [3.05, 3.63) is 35.8 Å². The number of hydrogen-bond donors (Lipinski definition) is 0. The summed E-state index contributed by atoms with van der Waals surface area (Å²) in [7, 11) is 0. The van der Waals surface area contributed by atoms with Crippen molar-refractivity contribution in [2.24, 2.45) is 0 Å². The molecule has 2 aromatic rings. The van der Waals surface area contributed by atoms with Crippen molar-refractivity contribution in [1.29, 1.82) is 0 Å². The van der Waals surface area contributed by atoms with Gasteiger partial charge in [-0.05, 0) is 37.5 Å². The lowest BCUT2D eigenvalue weighted by Crippen LogP contribution is -2.10. The molecule has 0 spiro atoms. The molecule has 5 heteroatoms. The van der Waals surface area contributed by atoms with Gasteiger partial charge in [-0.15, -0.1) is 0 Å². The van der Waals surface area contributed by atoms with Crippen LogP contribution in [-0.2, 0) is 18.9 Å². The number of rotatable bonds is 2. The highest BCUT2D eigenvalue weighted by atomic mass is 19.3. The van der Waals surface area contributed by atoms with E-state index in [1.54, 1.807) is 6.07 Å². The molecule has 0 N–H and O–H groups in total. The lowest BCUT2D eigenvalue weighted by atomic mass is 10.1. The van der Waals surface area contributed by atoms with Crippen LogP contribution in [0.25, 0.3) is 11.3 Å². The zero-order chi connectivity index (χ0) is 13.5. The summed E-state index contributed by atoms with van der Waals surface area (Å²) in [5.74, 6) is -2.92. The zero-order valence-electron chi connectivity index (χ0n) is 10.7. The van der Waals surface area contributed by atoms with E-state index in [2.05, 4.69) is 10.1 Å². The van der Waals surface area contributed by atoms with Gasteiger partial charge in [0.25, 0.3) is 5.92 Å². The molecule has 0 saturated carbocycles. The van der Waals surface area contributed by atoms with E-state index < -0.39 is 5.92 Å². The van der Waals surface area contributed by atoms with Gasteiger partial charge in [0.05, 0.1) is 5.69 Å². The van der Waals surface area contributed by atoms with Gasteiger partial charge in [0.1, 0.15) is 5.69 Å². The Labute approximate surface area is 110 Å². The summed E-state index contributed by atoms with van der Waals surface area (Å²) < 4.78 is 28.6. The number of alkyl halides is 2. The van der Waals surface area contributed by atoms with E-state index >= 15 is 0 Å². The van der Waals surface area contributed by atoms with E-state index in [0.717, 1.165) is 32.0 Å². The van der Waals surface area contributed by atoms with Crippen LogP contribution in [0.5, 0.6) is 0 Å². The van der Waals surface area contributed by atoms with Gasteiger partial charge >= 0.3 is 0 Å². The van der Waals surface area contributed by atoms with Gasteiger partial charge in [-0.25, -0.2) is 0 Å². The second-order valence-corrected chi connectivity index (χ2v) is 5.02. The predicted molar refractivity (Wildman–Crippen MR) is 68.0 cm³/mol. The van der Waals surface area contributed by atoms with Crippen LogP contribution in [0.15, 0.2) is 24.4 Å². The van der Waals surface area contributed by atoms with Crippen molar-refractivity contribution in [3.63, 3.8) is 0 Å². The molecular weight excluding hydrogens is 248 g/mol. The molecule has 0 saturated heterocycles. The van der Waals surface area contributed by atoms with E-state index in [-0.39, 0.29) is 5.69 Å². The maximum atomic E-state index is 13.3. The van der Waals surface area contributed by atoms with Gasteiger partial charge in [0, 0.05) is 30.9 Å². The van der Waals surface area contributed by atoms with Crippen LogP contribution in [0, 0.1) is 0 Å². The average molecular weight is 263 g/mol. The minimum absolute atomic E-state index is 0.212. The zero-order valence-corrected chi connectivity index (χ0v) is 10.7. The summed E-state index contributed by atoms with van der Waals surface area (Å²) in [4.78, 5) is 3.73. The van der Waals surface area contributed by atoms with E-state index in [9.17, 15) is 8.78 Å². The SMILES string of the molecule is CC(F)(F)c1cc(-c2cc3n(n2)CCCC3)ccn1. The fourth-order valence-electron chi connectivity index (χ4n) is 2.39. The smallest absolute Gasteiger partial charge is 0.269 e. The fraction of sp³-hybridized carbons (Fsp3) is 0.429. The van der Waals surface area contributed by atoms with E-state index in [1.807, 2.05) is 10.7 Å². The third-order valence-corrected chi connectivity index (χ3v) is 3.42. The number of hydrogen-bond acceptors (Lipinski definition) is 2. The third kappa shape index (κ3) is 2.37. The van der Waals surface area contributed by atoms with Crippen molar-refractivity contribution in [2.75, 3.05) is 0 Å². The second kappa shape index (κ2) is 4.40. The number of nitrogens with zero attached hydrogens (tertiary/aromatic N) is 3. The largest absolute Gasteiger partial charge is 0.286 e. The molecule has 3 heterocycles. The normalized spacial score (nSPS) is 15.3. The van der Waals surface area contributed by atoms with Crippen molar-refractivity contribution < 1.29 is 8.78 Å². The van der Waals surface area contributed by atoms with Crippen molar-refractivity contribution >= 4 is 0 Å². The molecule has 3 rings (SSSR count). The Hall–Kier alpha value is -1.78. The van der Waals surface area contributed by atoms with Crippen LogP contribution < -0.4 is 0 Å². The lowest BCUT2D eigenvalue weighted by molar-refractivity contribution is 0.0128. The first-order chi connectivity index (χ1) is 9.04. The average Bonchev–Trinajstić information content (AvgIpc) is 2.81. The highest BCUT2D eigenvalue weighted by Gasteiger charge is 2.26. The van der Waals surface area contributed by atoms with Crippen LogP contribution in [-0.4, -0.2) is 14.8 Å². The molecular formula is C14H15F2N3. The molecule has 1 aliphatic rings. The Morgan fingerprint density at radius 1 is 1.26 bits per heavy atom. The summed E-state index contributed by atoms with van der Waals surface area (Å²) in [6, 6.07) is 5.14. The third-order valence-electron chi connectivity index (χ3n) is 3.42. The molecule has 100 valence electrons. The van der Waals surface area contributed by atoms with Gasteiger partial charge in [-0.1, -0.05) is 0 Å². The second-order valence-electron chi connectivity index (χ2n) is 5.02. The Bertz CT molecular complexity index is 575. The highest BCUT2D eigenvalue weighted by Crippen LogP contribution is 2.29. The first-order valence-corrected chi connectivity index (χ1v) is 6.45. The Morgan fingerprint density at radius 2 is 2.11 bits per heavy atom. The number of aryl methyl sites for hydroxylation is 2. The first kappa shape index (κ1) is 12.3. The summed E-state index contributed by atoms with van der Waals surface area (Å²) in [6.45, 7) is 1.77. The Kier molecular flexibility index (Phi) is 2.84. The molecule has 0 atom stereocenters.